The monoisotopic (exact) mass is 351 g/mol. The molecule has 132 valence electrons. The molecule has 4 rings (SSSR count). The second-order valence-corrected chi connectivity index (χ2v) is 7.17. The normalized spacial score (nSPS) is 25.2. The maximum Gasteiger partial charge on any atom is 0.226 e. The van der Waals surface area contributed by atoms with Crippen LogP contribution in [0.3, 0.4) is 0 Å². The molecule has 1 unspecified atom stereocenters. The second kappa shape index (κ2) is 6.81. The van der Waals surface area contributed by atoms with Crippen LogP contribution in [-0.2, 0) is 4.79 Å². The summed E-state index contributed by atoms with van der Waals surface area (Å²) in [6.07, 6.45) is 3.40. The Morgan fingerprint density at radius 1 is 1.12 bits per heavy atom. The molecule has 1 aliphatic carbocycles. The zero-order chi connectivity index (χ0) is 15.9. The number of phenols is 1. The highest BCUT2D eigenvalue weighted by Crippen LogP contribution is 2.59. The van der Waals surface area contributed by atoms with Gasteiger partial charge in [-0.15, -0.1) is 12.4 Å². The highest BCUT2D eigenvalue weighted by molar-refractivity contribution is 5.85. The lowest BCUT2D eigenvalue weighted by atomic mass is 9.91. The largest absolute Gasteiger partial charge is 0.506 e. The Labute approximate surface area is 149 Å². The third-order valence-corrected chi connectivity index (χ3v) is 5.90. The van der Waals surface area contributed by atoms with Gasteiger partial charge in [-0.25, -0.2) is 0 Å². The first kappa shape index (κ1) is 17.4. The number of rotatable bonds is 2. The van der Waals surface area contributed by atoms with Crippen molar-refractivity contribution in [1.29, 1.82) is 0 Å². The van der Waals surface area contributed by atoms with Crippen molar-refractivity contribution in [1.82, 2.24) is 10.2 Å². The molecule has 1 atom stereocenters. The van der Waals surface area contributed by atoms with Gasteiger partial charge in [-0.2, -0.15) is 0 Å². The van der Waals surface area contributed by atoms with Gasteiger partial charge in [-0.3, -0.25) is 4.79 Å². The first-order valence-electron chi connectivity index (χ1n) is 8.72. The fraction of sp³-hybridized carbons (Fsp3) is 0.611. The number of hydrogen-bond acceptors (Lipinski definition) is 4. The molecular weight excluding hydrogens is 326 g/mol. The molecule has 1 saturated carbocycles. The lowest BCUT2D eigenvalue weighted by Gasteiger charge is -2.37. The zero-order valence-corrected chi connectivity index (χ0v) is 14.7. The number of halogens is 1. The summed E-state index contributed by atoms with van der Waals surface area (Å²) in [5, 5.41) is 13.4. The molecule has 1 amide bonds. The van der Waals surface area contributed by atoms with Crippen LogP contribution in [0.4, 0.5) is 5.69 Å². The maximum atomic E-state index is 12.8. The number of anilines is 1. The number of nitrogens with one attached hydrogen (secondary N) is 1. The summed E-state index contributed by atoms with van der Waals surface area (Å²) >= 11 is 0. The molecule has 0 bridgehead atoms. The first-order chi connectivity index (χ1) is 11.2. The van der Waals surface area contributed by atoms with Crippen LogP contribution in [-0.4, -0.2) is 55.2 Å². The minimum Gasteiger partial charge on any atom is -0.506 e. The van der Waals surface area contributed by atoms with E-state index < -0.39 is 0 Å². The van der Waals surface area contributed by atoms with Crippen LogP contribution in [0.5, 0.6) is 5.75 Å². The molecule has 2 aliphatic heterocycles. The summed E-state index contributed by atoms with van der Waals surface area (Å²) in [4.78, 5) is 17.0. The zero-order valence-electron chi connectivity index (χ0n) is 13.9. The van der Waals surface area contributed by atoms with Crippen LogP contribution in [0.25, 0.3) is 0 Å². The number of nitrogens with zero attached hydrogens (tertiary/aromatic N) is 2. The number of hydrogen-bond donors (Lipinski definition) is 2. The number of amides is 1. The molecule has 6 heteroatoms. The minimum absolute atomic E-state index is 0. The predicted molar refractivity (Wildman–Crippen MR) is 96.8 cm³/mol. The smallest absolute Gasteiger partial charge is 0.226 e. The third kappa shape index (κ3) is 3.07. The molecule has 1 aromatic carbocycles. The SMILES string of the molecule is Cl.O=C(C1CC12CCNCC2)N1CCN(c2ccccc2O)CC1. The van der Waals surface area contributed by atoms with Crippen LogP contribution in [0, 0.1) is 11.3 Å². The van der Waals surface area contributed by atoms with E-state index in [9.17, 15) is 9.90 Å². The van der Waals surface area contributed by atoms with Crippen LogP contribution in [0.2, 0.25) is 0 Å². The van der Waals surface area contributed by atoms with Crippen molar-refractivity contribution < 1.29 is 9.90 Å². The Balaban J connectivity index is 0.00000169. The average Bonchev–Trinajstić information content (AvgIpc) is 3.28. The Bertz CT molecular complexity index is 596. The number of aromatic hydroxyl groups is 1. The number of phenolic OH excluding ortho intramolecular Hbond substituents is 1. The number of piperidine rings is 1. The first-order valence-corrected chi connectivity index (χ1v) is 8.72. The van der Waals surface area contributed by atoms with E-state index in [1.54, 1.807) is 6.07 Å². The fourth-order valence-corrected chi connectivity index (χ4v) is 4.29. The van der Waals surface area contributed by atoms with E-state index in [1.165, 1.54) is 0 Å². The topological polar surface area (TPSA) is 55.8 Å². The standard InChI is InChI=1S/C18H25N3O2.ClH/c22-16-4-2-1-3-15(16)20-9-11-21(12-10-20)17(23)14-13-18(14)5-7-19-8-6-18;/h1-4,14,19,22H,5-13H2;1H. The Morgan fingerprint density at radius 2 is 1.79 bits per heavy atom. The molecule has 3 aliphatic rings. The van der Waals surface area contributed by atoms with Gasteiger partial charge in [0.15, 0.2) is 0 Å². The Morgan fingerprint density at radius 3 is 2.46 bits per heavy atom. The average molecular weight is 352 g/mol. The van der Waals surface area contributed by atoms with Gasteiger partial charge >= 0.3 is 0 Å². The van der Waals surface area contributed by atoms with E-state index in [1.807, 2.05) is 23.1 Å². The van der Waals surface area contributed by atoms with Gasteiger partial charge in [-0.05, 0) is 49.9 Å². The molecule has 2 N–H and O–H groups in total. The molecule has 1 spiro atoms. The van der Waals surface area contributed by atoms with Crippen molar-refractivity contribution >= 4 is 24.0 Å². The third-order valence-electron chi connectivity index (χ3n) is 5.90. The Kier molecular flexibility index (Phi) is 4.92. The highest BCUT2D eigenvalue weighted by Gasteiger charge is 2.58. The molecule has 2 saturated heterocycles. The summed E-state index contributed by atoms with van der Waals surface area (Å²) < 4.78 is 0. The molecule has 1 aromatic rings. The van der Waals surface area contributed by atoms with Gasteiger partial charge in [0, 0.05) is 32.1 Å². The summed E-state index contributed by atoms with van der Waals surface area (Å²) in [7, 11) is 0. The molecule has 3 fully saturated rings. The van der Waals surface area contributed by atoms with Gasteiger partial charge in [-0.1, -0.05) is 12.1 Å². The molecule has 0 aromatic heterocycles. The number of piperazine rings is 1. The van der Waals surface area contributed by atoms with Crippen LogP contribution in [0.1, 0.15) is 19.3 Å². The summed E-state index contributed by atoms with van der Waals surface area (Å²) in [5.41, 5.74) is 1.19. The number of carbonyl (C=O) groups excluding carboxylic acids is 1. The second-order valence-electron chi connectivity index (χ2n) is 7.17. The molecule has 24 heavy (non-hydrogen) atoms. The summed E-state index contributed by atoms with van der Waals surface area (Å²) in [5.74, 6) is 0.952. The van der Waals surface area contributed by atoms with Gasteiger partial charge in [0.05, 0.1) is 5.69 Å². The summed E-state index contributed by atoms with van der Waals surface area (Å²) in [6, 6.07) is 7.44. The maximum absolute atomic E-state index is 12.8. The lowest BCUT2D eigenvalue weighted by molar-refractivity contribution is -0.133. The van der Waals surface area contributed by atoms with E-state index in [0.29, 0.717) is 17.1 Å². The van der Waals surface area contributed by atoms with Gasteiger partial charge in [0.1, 0.15) is 5.75 Å². The molecule has 0 radical (unpaired) electrons. The van der Waals surface area contributed by atoms with Gasteiger partial charge in [0.25, 0.3) is 0 Å². The number of benzene rings is 1. The van der Waals surface area contributed by atoms with E-state index >= 15 is 0 Å². The number of carbonyl (C=O) groups is 1. The molecule has 2 heterocycles. The van der Waals surface area contributed by atoms with Crippen molar-refractivity contribution in [2.45, 2.75) is 19.3 Å². The lowest BCUT2D eigenvalue weighted by Crippen LogP contribution is -2.49. The fourth-order valence-electron chi connectivity index (χ4n) is 4.29. The van der Waals surface area contributed by atoms with E-state index in [-0.39, 0.29) is 18.3 Å². The quantitative estimate of drug-likeness (QED) is 0.854. The van der Waals surface area contributed by atoms with Crippen molar-refractivity contribution in [3.05, 3.63) is 24.3 Å². The van der Waals surface area contributed by atoms with Crippen molar-refractivity contribution in [3.63, 3.8) is 0 Å². The van der Waals surface area contributed by atoms with Crippen molar-refractivity contribution in [2.75, 3.05) is 44.2 Å². The molecular formula is C18H26ClN3O2. The van der Waals surface area contributed by atoms with Crippen LogP contribution >= 0.6 is 12.4 Å². The molecule has 5 nitrogen and oxygen atoms in total. The minimum atomic E-state index is 0. The van der Waals surface area contributed by atoms with Crippen LogP contribution < -0.4 is 10.2 Å². The van der Waals surface area contributed by atoms with E-state index in [2.05, 4.69) is 10.2 Å². The van der Waals surface area contributed by atoms with Gasteiger partial charge in [0.2, 0.25) is 5.91 Å². The van der Waals surface area contributed by atoms with Crippen molar-refractivity contribution in [3.8, 4) is 5.75 Å². The van der Waals surface area contributed by atoms with E-state index in [0.717, 1.165) is 64.2 Å². The highest BCUT2D eigenvalue weighted by atomic mass is 35.5. The van der Waals surface area contributed by atoms with Crippen LogP contribution in [0.15, 0.2) is 24.3 Å². The summed E-state index contributed by atoms with van der Waals surface area (Å²) in [6.45, 7) is 5.24. The van der Waals surface area contributed by atoms with Crippen molar-refractivity contribution in [2.24, 2.45) is 11.3 Å². The Hall–Kier alpha value is -1.46. The number of para-hydroxylation sites is 2. The predicted octanol–water partition coefficient (Wildman–Crippen LogP) is 1.85. The van der Waals surface area contributed by atoms with Gasteiger partial charge < -0.3 is 20.2 Å². The van der Waals surface area contributed by atoms with E-state index in [4.69, 9.17) is 0 Å².